The maximum Gasteiger partial charge on any atom is 0.127 e. The van der Waals surface area contributed by atoms with E-state index in [1.807, 2.05) is 28.9 Å². The number of aliphatic hydroxyl groups excluding tert-OH is 2. The van der Waals surface area contributed by atoms with Crippen molar-refractivity contribution in [1.82, 2.24) is 14.7 Å². The summed E-state index contributed by atoms with van der Waals surface area (Å²) in [5.41, 5.74) is 3.83. The van der Waals surface area contributed by atoms with Crippen LogP contribution in [0.4, 0.5) is 0 Å². The average Bonchev–Trinajstić information content (AvgIpc) is 2.94. The maximum absolute atomic E-state index is 9.82. The molecule has 2 aliphatic heterocycles. The van der Waals surface area contributed by atoms with E-state index in [4.69, 9.17) is 21.4 Å². The van der Waals surface area contributed by atoms with E-state index in [1.165, 1.54) is 5.57 Å². The second kappa shape index (κ2) is 7.40. The quantitative estimate of drug-likeness (QED) is 0.857. The zero-order valence-corrected chi connectivity index (χ0v) is 15.2. The molecule has 138 valence electrons. The Labute approximate surface area is 157 Å². The molecule has 0 saturated carbocycles. The number of fused-ring (bicyclic) bond motifs is 2. The number of aromatic nitrogens is 2. The van der Waals surface area contributed by atoms with Crippen LogP contribution in [0.25, 0.3) is 6.08 Å². The monoisotopic (exact) mass is 375 g/mol. The van der Waals surface area contributed by atoms with Crippen molar-refractivity contribution in [2.24, 2.45) is 0 Å². The minimum Gasteiger partial charge on any atom is -0.489 e. The number of aryl methyl sites for hydroxylation is 1. The van der Waals surface area contributed by atoms with Crippen molar-refractivity contribution < 1.29 is 14.9 Å². The number of hydrogen-bond acceptors (Lipinski definition) is 5. The normalized spacial score (nSPS) is 18.3. The second-order valence-corrected chi connectivity index (χ2v) is 7.26. The molecular formula is C19H22ClN3O3. The van der Waals surface area contributed by atoms with E-state index in [2.05, 4.69) is 16.1 Å². The Bertz CT molecular complexity index is 833. The number of nitrogens with zero attached hydrogens (tertiary/aromatic N) is 3. The van der Waals surface area contributed by atoms with Crippen molar-refractivity contribution in [2.45, 2.75) is 25.6 Å². The molecule has 0 spiro atoms. The molecule has 0 aliphatic carbocycles. The van der Waals surface area contributed by atoms with Crippen molar-refractivity contribution in [3.63, 3.8) is 0 Å². The first-order valence-corrected chi connectivity index (χ1v) is 9.20. The van der Waals surface area contributed by atoms with Gasteiger partial charge in [-0.3, -0.25) is 9.58 Å². The lowest BCUT2D eigenvalue weighted by atomic mass is 10.1. The summed E-state index contributed by atoms with van der Waals surface area (Å²) in [4.78, 5) is 2.36. The number of ether oxygens (including phenoxy) is 1. The van der Waals surface area contributed by atoms with Crippen LogP contribution >= 0.6 is 11.6 Å². The zero-order chi connectivity index (χ0) is 18.1. The molecule has 0 amide bonds. The van der Waals surface area contributed by atoms with E-state index in [0.717, 1.165) is 49.6 Å². The van der Waals surface area contributed by atoms with E-state index in [0.29, 0.717) is 17.3 Å². The van der Waals surface area contributed by atoms with Gasteiger partial charge in [-0.2, -0.15) is 5.10 Å². The van der Waals surface area contributed by atoms with Gasteiger partial charge in [0, 0.05) is 36.8 Å². The second-order valence-electron chi connectivity index (χ2n) is 6.82. The lowest BCUT2D eigenvalue weighted by Gasteiger charge is -2.24. The molecule has 0 bridgehead atoms. The van der Waals surface area contributed by atoms with Gasteiger partial charge in [0.05, 0.1) is 18.0 Å². The molecule has 2 aliphatic rings. The Kier molecular flexibility index (Phi) is 5.00. The average molecular weight is 376 g/mol. The number of hydrogen-bond donors (Lipinski definition) is 2. The molecule has 26 heavy (non-hydrogen) atoms. The summed E-state index contributed by atoms with van der Waals surface area (Å²) in [6, 6.07) is 7.56. The van der Waals surface area contributed by atoms with Crippen molar-refractivity contribution in [3.8, 4) is 5.75 Å². The molecule has 6 nitrogen and oxygen atoms in total. The minimum atomic E-state index is -0.918. The molecule has 7 heteroatoms. The summed E-state index contributed by atoms with van der Waals surface area (Å²) in [5, 5.41) is 24.1. The molecular weight excluding hydrogens is 354 g/mol. The van der Waals surface area contributed by atoms with Gasteiger partial charge in [0.25, 0.3) is 0 Å². The molecule has 0 unspecified atom stereocenters. The third-order valence-corrected chi connectivity index (χ3v) is 5.03. The fourth-order valence-electron chi connectivity index (χ4n) is 3.52. The molecule has 1 aromatic carbocycles. The predicted molar refractivity (Wildman–Crippen MR) is 99.1 cm³/mol. The lowest BCUT2D eigenvalue weighted by Crippen LogP contribution is -2.28. The van der Waals surface area contributed by atoms with Crippen LogP contribution < -0.4 is 4.74 Å². The summed E-state index contributed by atoms with van der Waals surface area (Å²) < 4.78 is 7.79. The topological polar surface area (TPSA) is 70.8 Å². The highest BCUT2D eigenvalue weighted by molar-refractivity contribution is 6.30. The first-order valence-electron chi connectivity index (χ1n) is 8.82. The van der Waals surface area contributed by atoms with Gasteiger partial charge in [0.1, 0.15) is 18.5 Å². The SMILES string of the molecule is OC[C@H](O)c1cc2n(n1)CCCN(CC1=Cc3cc(Cl)ccc3OC1)C2. The minimum absolute atomic E-state index is 0.313. The molecule has 0 saturated heterocycles. The molecule has 1 atom stereocenters. The standard InChI is InChI=1S/C19H22ClN3O3/c20-15-2-3-19-14(7-15)6-13(12-26-19)9-22-4-1-5-23-16(10-22)8-17(21-23)18(25)11-24/h2-3,6-8,18,24-25H,1,4-5,9-12H2/t18-/m0/s1. The first-order chi connectivity index (χ1) is 12.6. The van der Waals surface area contributed by atoms with Crippen LogP contribution in [0.1, 0.15) is 29.5 Å². The van der Waals surface area contributed by atoms with Crippen LogP contribution in [0.3, 0.4) is 0 Å². The van der Waals surface area contributed by atoms with E-state index in [-0.39, 0.29) is 6.61 Å². The van der Waals surface area contributed by atoms with Gasteiger partial charge in [-0.05, 0) is 42.3 Å². The van der Waals surface area contributed by atoms with Crippen LogP contribution in [-0.2, 0) is 13.1 Å². The van der Waals surface area contributed by atoms with Crippen LogP contribution in [0.2, 0.25) is 5.02 Å². The highest BCUT2D eigenvalue weighted by atomic mass is 35.5. The van der Waals surface area contributed by atoms with E-state index < -0.39 is 6.10 Å². The van der Waals surface area contributed by atoms with Crippen molar-refractivity contribution in [2.75, 3.05) is 26.3 Å². The van der Waals surface area contributed by atoms with Crippen LogP contribution in [0, 0.1) is 0 Å². The summed E-state index contributed by atoms with van der Waals surface area (Å²) in [7, 11) is 0. The molecule has 4 rings (SSSR count). The maximum atomic E-state index is 9.82. The van der Waals surface area contributed by atoms with Gasteiger partial charge >= 0.3 is 0 Å². The fraction of sp³-hybridized carbons (Fsp3) is 0.421. The Hall–Kier alpha value is -1.86. The van der Waals surface area contributed by atoms with E-state index in [1.54, 1.807) is 0 Å². The Morgan fingerprint density at radius 1 is 1.27 bits per heavy atom. The summed E-state index contributed by atoms with van der Waals surface area (Å²) in [5.74, 6) is 0.870. The number of aliphatic hydroxyl groups is 2. The molecule has 0 radical (unpaired) electrons. The Morgan fingerprint density at radius 3 is 3.00 bits per heavy atom. The van der Waals surface area contributed by atoms with E-state index in [9.17, 15) is 5.11 Å². The molecule has 0 fully saturated rings. The van der Waals surface area contributed by atoms with Crippen molar-refractivity contribution in [1.29, 1.82) is 0 Å². The summed E-state index contributed by atoms with van der Waals surface area (Å²) in [6.07, 6.45) is 2.23. The highest BCUT2D eigenvalue weighted by Crippen LogP contribution is 2.29. The predicted octanol–water partition coefficient (Wildman–Crippen LogP) is 2.24. The molecule has 2 N–H and O–H groups in total. The smallest absolute Gasteiger partial charge is 0.127 e. The number of rotatable bonds is 4. The van der Waals surface area contributed by atoms with Gasteiger partial charge < -0.3 is 14.9 Å². The highest BCUT2D eigenvalue weighted by Gasteiger charge is 2.21. The Morgan fingerprint density at radius 2 is 2.15 bits per heavy atom. The fourth-order valence-corrected chi connectivity index (χ4v) is 3.70. The summed E-state index contributed by atoms with van der Waals surface area (Å²) in [6.45, 7) is 3.63. The first kappa shape index (κ1) is 17.5. The molecule has 1 aromatic heterocycles. The largest absolute Gasteiger partial charge is 0.489 e. The number of halogens is 1. The van der Waals surface area contributed by atoms with Crippen LogP contribution in [0.5, 0.6) is 5.75 Å². The Balaban J connectivity index is 1.50. The van der Waals surface area contributed by atoms with Gasteiger partial charge in [0.15, 0.2) is 0 Å². The van der Waals surface area contributed by atoms with Crippen molar-refractivity contribution in [3.05, 3.63) is 51.8 Å². The van der Waals surface area contributed by atoms with Gasteiger partial charge in [0.2, 0.25) is 0 Å². The van der Waals surface area contributed by atoms with Crippen molar-refractivity contribution >= 4 is 17.7 Å². The van der Waals surface area contributed by atoms with Crippen LogP contribution in [-0.4, -0.2) is 51.2 Å². The third kappa shape index (κ3) is 3.64. The molecule has 2 aromatic rings. The van der Waals surface area contributed by atoms with Gasteiger partial charge in [-0.15, -0.1) is 0 Å². The third-order valence-electron chi connectivity index (χ3n) is 4.80. The zero-order valence-electron chi connectivity index (χ0n) is 14.4. The number of benzene rings is 1. The van der Waals surface area contributed by atoms with Gasteiger partial charge in [-0.1, -0.05) is 11.6 Å². The van der Waals surface area contributed by atoms with Gasteiger partial charge in [-0.25, -0.2) is 0 Å². The van der Waals surface area contributed by atoms with E-state index >= 15 is 0 Å². The summed E-state index contributed by atoms with van der Waals surface area (Å²) >= 11 is 6.09. The van der Waals surface area contributed by atoms with Crippen LogP contribution in [0.15, 0.2) is 29.8 Å². The molecule has 3 heterocycles. The lowest BCUT2D eigenvalue weighted by molar-refractivity contribution is 0.0916.